The Kier molecular flexibility index (Phi) is 5.62. The zero-order valence-corrected chi connectivity index (χ0v) is 9.19. The van der Waals surface area contributed by atoms with Crippen LogP contribution in [0.3, 0.4) is 0 Å². The molecular formula is C12H10N2NaO4+. The molecule has 1 heterocycles. The van der Waals surface area contributed by atoms with Gasteiger partial charge in [0.25, 0.3) is 0 Å². The maximum atomic E-state index is 11.7. The summed E-state index contributed by atoms with van der Waals surface area (Å²) in [5.74, 6) is -1.75. The summed E-state index contributed by atoms with van der Waals surface area (Å²) < 4.78 is 1.13. The van der Waals surface area contributed by atoms with Crippen molar-refractivity contribution in [2.75, 3.05) is 0 Å². The summed E-state index contributed by atoms with van der Waals surface area (Å²) in [6.07, 6.45) is 4.36. The van der Waals surface area contributed by atoms with E-state index in [2.05, 4.69) is 4.98 Å². The number of aromatic nitrogens is 2. The van der Waals surface area contributed by atoms with Crippen molar-refractivity contribution < 1.29 is 24.3 Å². The van der Waals surface area contributed by atoms with E-state index in [4.69, 9.17) is 9.94 Å². The maximum absolute atomic E-state index is 11.7. The molecule has 1 aromatic carbocycles. The summed E-state index contributed by atoms with van der Waals surface area (Å²) in [4.78, 5) is 31.2. The first-order valence-corrected chi connectivity index (χ1v) is 5.04. The summed E-state index contributed by atoms with van der Waals surface area (Å²) in [7, 11) is 0. The van der Waals surface area contributed by atoms with Gasteiger partial charge in [0.1, 0.15) is 12.4 Å². The number of aromatic carboxylic acids is 1. The van der Waals surface area contributed by atoms with Crippen molar-refractivity contribution in [1.29, 1.82) is 0 Å². The van der Waals surface area contributed by atoms with Crippen molar-refractivity contribution in [1.82, 2.24) is 4.98 Å². The van der Waals surface area contributed by atoms with E-state index in [1.165, 1.54) is 43.0 Å². The molecule has 1 aromatic heterocycles. The third kappa shape index (κ3) is 4.13. The van der Waals surface area contributed by atoms with Crippen LogP contribution in [0.4, 0.5) is 0 Å². The average Bonchev–Trinajstić information content (AvgIpc) is 2.40. The van der Waals surface area contributed by atoms with Crippen LogP contribution in [-0.2, 0) is 0 Å². The van der Waals surface area contributed by atoms with Crippen LogP contribution in [-0.4, -0.2) is 51.6 Å². The molecule has 19 heavy (non-hydrogen) atoms. The first-order chi connectivity index (χ1) is 8.66. The molecule has 7 heteroatoms. The van der Waals surface area contributed by atoms with Gasteiger partial charge in [0.15, 0.2) is 0 Å². The van der Waals surface area contributed by atoms with Crippen LogP contribution in [0, 0.1) is 0 Å². The fourth-order valence-corrected chi connectivity index (χ4v) is 1.30. The van der Waals surface area contributed by atoms with Crippen molar-refractivity contribution in [3.63, 3.8) is 0 Å². The van der Waals surface area contributed by atoms with Gasteiger partial charge in [-0.1, -0.05) is 11.1 Å². The van der Waals surface area contributed by atoms with Crippen LogP contribution in [0.15, 0.2) is 49.1 Å². The summed E-state index contributed by atoms with van der Waals surface area (Å²) in [6, 6.07) is 7.21. The van der Waals surface area contributed by atoms with Crippen molar-refractivity contribution in [3.05, 3.63) is 60.2 Å². The summed E-state index contributed by atoms with van der Waals surface area (Å²) >= 11 is 0. The summed E-state index contributed by atoms with van der Waals surface area (Å²) in [6.45, 7) is 0. The summed E-state index contributed by atoms with van der Waals surface area (Å²) in [5, 5.41) is 8.81. The number of carboxylic acids is 1. The monoisotopic (exact) mass is 269 g/mol. The predicted octanol–water partition coefficient (Wildman–Crippen LogP) is -0.312. The Balaban J connectivity index is 0.00000180. The van der Waals surface area contributed by atoms with Crippen LogP contribution in [0.2, 0.25) is 0 Å². The van der Waals surface area contributed by atoms with Crippen molar-refractivity contribution in [2.24, 2.45) is 0 Å². The van der Waals surface area contributed by atoms with Crippen molar-refractivity contribution in [3.8, 4) is 0 Å². The minimum atomic E-state index is -1.10. The third-order valence-corrected chi connectivity index (χ3v) is 2.12. The van der Waals surface area contributed by atoms with E-state index < -0.39 is 11.9 Å². The van der Waals surface area contributed by atoms with Crippen LogP contribution in [0.5, 0.6) is 0 Å². The molecule has 0 spiro atoms. The standard InChI is InChI=1S/C12H8N2O4.Na.H/c15-11(16)9-3-1-4-10(7-9)12(17)18-14-6-2-5-13-8-14;;/h1-8H;;/p+1. The number of benzene rings is 1. The molecule has 0 aliphatic carbocycles. The first kappa shape index (κ1) is 15.3. The minimum absolute atomic E-state index is 0. The molecule has 6 nitrogen and oxygen atoms in total. The van der Waals surface area contributed by atoms with Gasteiger partial charge in [-0.3, -0.25) is 4.84 Å². The van der Waals surface area contributed by atoms with E-state index in [-0.39, 0.29) is 40.7 Å². The molecule has 0 aliphatic heterocycles. The molecule has 0 bridgehead atoms. The molecule has 0 saturated carbocycles. The summed E-state index contributed by atoms with van der Waals surface area (Å²) in [5.41, 5.74) is 0.187. The molecule has 1 N–H and O–H groups in total. The van der Waals surface area contributed by atoms with Crippen LogP contribution in [0.25, 0.3) is 0 Å². The molecule has 92 valence electrons. The van der Waals surface area contributed by atoms with Gasteiger partial charge < -0.3 is 5.11 Å². The second-order valence-corrected chi connectivity index (χ2v) is 3.38. The Labute approximate surface area is 130 Å². The van der Waals surface area contributed by atoms with Crippen molar-refractivity contribution >= 4 is 41.5 Å². The van der Waals surface area contributed by atoms with E-state index in [0.717, 1.165) is 4.73 Å². The Morgan fingerprint density at radius 2 is 1.95 bits per heavy atom. The molecule has 2 aromatic rings. The van der Waals surface area contributed by atoms with E-state index in [1.54, 1.807) is 6.07 Å². The number of carbonyl (C=O) groups excluding carboxylic acids is 1. The van der Waals surface area contributed by atoms with E-state index in [1.807, 2.05) is 0 Å². The van der Waals surface area contributed by atoms with Gasteiger partial charge in [0.2, 0.25) is 0 Å². The fourth-order valence-electron chi connectivity index (χ4n) is 1.30. The molecule has 2 rings (SSSR count). The molecule has 0 radical (unpaired) electrons. The average molecular weight is 269 g/mol. The fraction of sp³-hybridized carbons (Fsp3) is 0. The van der Waals surface area contributed by atoms with E-state index in [0.29, 0.717) is 0 Å². The second kappa shape index (κ2) is 6.98. The van der Waals surface area contributed by atoms with Gasteiger partial charge in [0.05, 0.1) is 11.1 Å². The molecule has 0 saturated heterocycles. The van der Waals surface area contributed by atoms with Crippen molar-refractivity contribution in [2.45, 2.75) is 0 Å². The van der Waals surface area contributed by atoms with Gasteiger partial charge in [-0.2, -0.15) is 0 Å². The number of nitrogens with zero attached hydrogens (tertiary/aromatic N) is 2. The quantitative estimate of drug-likeness (QED) is 0.610. The van der Waals surface area contributed by atoms with Gasteiger partial charge >= 0.3 is 47.8 Å². The number of hydrogen-bond acceptors (Lipinski definition) is 4. The van der Waals surface area contributed by atoms with Gasteiger partial charge in [-0.25, -0.2) is 9.59 Å². The topological polar surface area (TPSA) is 80.4 Å². The molecule has 0 aliphatic rings. The number of carbonyl (C=O) groups is 2. The zero-order chi connectivity index (χ0) is 13.0. The second-order valence-electron chi connectivity index (χ2n) is 3.38. The Morgan fingerprint density at radius 1 is 1.21 bits per heavy atom. The Hall–Kier alpha value is -1.76. The van der Waals surface area contributed by atoms with Gasteiger partial charge in [0, 0.05) is 6.07 Å². The number of carboxylic acid groups (broad SMARTS) is 1. The number of hydrogen-bond donors (Lipinski definition) is 1. The Morgan fingerprint density at radius 3 is 2.58 bits per heavy atom. The van der Waals surface area contributed by atoms with Crippen LogP contribution < -0.4 is 9.57 Å². The Bertz CT molecular complexity index is 589. The SMILES string of the molecule is O=C(O)c1cccc(C(=O)O[n+]2cccnc2)c1.[NaH]. The molecule has 0 atom stereocenters. The molecule has 0 fully saturated rings. The molecule has 0 unspecified atom stereocenters. The van der Waals surface area contributed by atoms with Gasteiger partial charge in [-0.05, 0) is 22.9 Å². The number of rotatable bonds is 3. The van der Waals surface area contributed by atoms with E-state index in [9.17, 15) is 9.59 Å². The normalized spacial score (nSPS) is 9.26. The predicted molar refractivity (Wildman–Crippen MR) is 65.9 cm³/mol. The third-order valence-electron chi connectivity index (χ3n) is 2.12. The zero-order valence-electron chi connectivity index (χ0n) is 9.19. The van der Waals surface area contributed by atoms with Crippen LogP contribution >= 0.6 is 0 Å². The molecular weight excluding hydrogens is 259 g/mol. The molecule has 0 amide bonds. The first-order valence-electron chi connectivity index (χ1n) is 5.04. The van der Waals surface area contributed by atoms with Gasteiger partial charge in [-0.15, -0.1) is 0 Å². The van der Waals surface area contributed by atoms with E-state index >= 15 is 0 Å². The van der Waals surface area contributed by atoms with Crippen LogP contribution in [0.1, 0.15) is 20.7 Å².